The van der Waals surface area contributed by atoms with Gasteiger partial charge in [0.25, 0.3) is 5.91 Å². The van der Waals surface area contributed by atoms with Gasteiger partial charge < -0.3 is 10.1 Å². The molecule has 0 radical (unpaired) electrons. The Balaban J connectivity index is 1.40. The third-order valence-corrected chi connectivity index (χ3v) is 5.71. The number of benzene rings is 4. The summed E-state index contributed by atoms with van der Waals surface area (Å²) >= 11 is 5.89. The Kier molecular flexibility index (Phi) is 6.47. The van der Waals surface area contributed by atoms with E-state index >= 15 is 0 Å². The van der Waals surface area contributed by atoms with Gasteiger partial charge in [-0.05, 0) is 78.7 Å². The highest BCUT2D eigenvalue weighted by Gasteiger charge is 2.30. The molecule has 0 saturated heterocycles. The maximum absolute atomic E-state index is 12.9. The molecule has 166 valence electrons. The average molecular weight is 458 g/mol. The molecule has 4 rings (SSSR count). The van der Waals surface area contributed by atoms with Crippen LogP contribution in [0.4, 0.5) is 0 Å². The van der Waals surface area contributed by atoms with Crippen LogP contribution in [0.1, 0.15) is 35.3 Å². The van der Waals surface area contributed by atoms with Crippen LogP contribution in [0.15, 0.2) is 91.0 Å². The summed E-state index contributed by atoms with van der Waals surface area (Å²) in [7, 11) is 0. The molecule has 0 unspecified atom stereocenters. The Morgan fingerprint density at radius 2 is 1.42 bits per heavy atom. The molecule has 0 bridgehead atoms. The molecular weight excluding hydrogens is 434 g/mol. The molecule has 33 heavy (non-hydrogen) atoms. The van der Waals surface area contributed by atoms with Gasteiger partial charge in [-0.25, -0.2) is 0 Å². The molecule has 0 atom stereocenters. The van der Waals surface area contributed by atoms with E-state index in [1.807, 2.05) is 30.3 Å². The minimum Gasteiger partial charge on any atom is -0.478 e. The predicted molar refractivity (Wildman–Crippen MR) is 132 cm³/mol. The summed E-state index contributed by atoms with van der Waals surface area (Å²) in [5.41, 5.74) is 1.04. The largest absolute Gasteiger partial charge is 0.478 e. The van der Waals surface area contributed by atoms with Crippen molar-refractivity contribution in [2.75, 3.05) is 0 Å². The van der Waals surface area contributed by atoms with E-state index in [0.29, 0.717) is 28.4 Å². The molecule has 4 aromatic rings. The topological polar surface area (TPSA) is 55.4 Å². The molecule has 0 aromatic heterocycles. The van der Waals surface area contributed by atoms with Crippen molar-refractivity contribution in [1.82, 2.24) is 5.32 Å². The first kappa shape index (κ1) is 22.6. The number of halogens is 1. The number of ketones is 1. The second kappa shape index (κ2) is 9.47. The van der Waals surface area contributed by atoms with Gasteiger partial charge in [0.1, 0.15) is 5.75 Å². The number of hydrogen-bond acceptors (Lipinski definition) is 3. The summed E-state index contributed by atoms with van der Waals surface area (Å²) in [5.74, 6) is 0.176. The normalized spacial score (nSPS) is 11.2. The van der Waals surface area contributed by atoms with Gasteiger partial charge in [-0.1, -0.05) is 54.1 Å². The second-order valence-corrected chi connectivity index (χ2v) is 8.73. The van der Waals surface area contributed by atoms with E-state index in [-0.39, 0.29) is 11.7 Å². The zero-order chi connectivity index (χ0) is 23.4. The van der Waals surface area contributed by atoms with Crippen LogP contribution in [-0.2, 0) is 11.3 Å². The fraction of sp³-hybridized carbons (Fsp3) is 0.143. The lowest BCUT2D eigenvalue weighted by molar-refractivity contribution is -0.134. The Hall–Kier alpha value is -3.63. The van der Waals surface area contributed by atoms with E-state index in [1.165, 1.54) is 0 Å². The van der Waals surface area contributed by atoms with Crippen molar-refractivity contribution in [1.29, 1.82) is 0 Å². The van der Waals surface area contributed by atoms with Gasteiger partial charge in [0.05, 0.1) is 0 Å². The molecule has 1 N–H and O–H groups in total. The minimum atomic E-state index is -1.09. The monoisotopic (exact) mass is 457 g/mol. The number of carbonyl (C=O) groups is 2. The Bertz CT molecular complexity index is 1290. The van der Waals surface area contributed by atoms with Gasteiger partial charge in [0, 0.05) is 22.7 Å². The zero-order valence-electron chi connectivity index (χ0n) is 18.5. The van der Waals surface area contributed by atoms with Crippen LogP contribution in [0.25, 0.3) is 10.8 Å². The highest BCUT2D eigenvalue weighted by atomic mass is 35.5. The van der Waals surface area contributed by atoms with E-state index in [2.05, 4.69) is 17.4 Å². The van der Waals surface area contributed by atoms with Crippen LogP contribution in [-0.4, -0.2) is 17.3 Å². The lowest BCUT2D eigenvalue weighted by Crippen LogP contribution is -2.46. The maximum Gasteiger partial charge on any atom is 0.263 e. The third-order valence-electron chi connectivity index (χ3n) is 5.46. The van der Waals surface area contributed by atoms with Crippen LogP contribution in [0, 0.1) is 0 Å². The van der Waals surface area contributed by atoms with Crippen molar-refractivity contribution in [3.05, 3.63) is 113 Å². The summed E-state index contributed by atoms with van der Waals surface area (Å²) in [6, 6.07) is 27.7. The summed E-state index contributed by atoms with van der Waals surface area (Å²) in [6.07, 6.45) is 0. The molecule has 4 aromatic carbocycles. The highest BCUT2D eigenvalue weighted by molar-refractivity contribution is 6.30. The minimum absolute atomic E-state index is 0.106. The summed E-state index contributed by atoms with van der Waals surface area (Å²) < 4.78 is 5.95. The lowest BCUT2D eigenvalue weighted by Gasteiger charge is -2.25. The summed E-state index contributed by atoms with van der Waals surface area (Å²) in [6.45, 7) is 3.85. The van der Waals surface area contributed by atoms with Crippen LogP contribution < -0.4 is 10.1 Å². The molecule has 0 aliphatic carbocycles. The number of rotatable bonds is 7. The fourth-order valence-corrected chi connectivity index (χ4v) is 3.74. The van der Waals surface area contributed by atoms with Gasteiger partial charge >= 0.3 is 0 Å². The van der Waals surface area contributed by atoms with Crippen molar-refractivity contribution in [2.24, 2.45) is 0 Å². The predicted octanol–water partition coefficient (Wildman–Crippen LogP) is 6.20. The molecule has 0 fully saturated rings. The Morgan fingerprint density at radius 1 is 0.818 bits per heavy atom. The number of ether oxygens (including phenoxy) is 1. The number of amides is 1. The maximum atomic E-state index is 12.9. The van der Waals surface area contributed by atoms with E-state index in [1.54, 1.807) is 62.4 Å². The van der Waals surface area contributed by atoms with Crippen LogP contribution in [0.2, 0.25) is 5.02 Å². The SMILES string of the molecule is CC(C)(Oc1ccc(C(=O)c2ccc(Cl)cc2)cc1)C(=O)NCc1cccc2ccccc12. The van der Waals surface area contributed by atoms with Gasteiger partial charge in [0.2, 0.25) is 0 Å². The molecule has 0 saturated carbocycles. The summed E-state index contributed by atoms with van der Waals surface area (Å²) in [4.78, 5) is 25.5. The lowest BCUT2D eigenvalue weighted by atomic mass is 10.0. The van der Waals surface area contributed by atoms with Gasteiger partial charge in [-0.2, -0.15) is 0 Å². The van der Waals surface area contributed by atoms with Gasteiger partial charge in [-0.3, -0.25) is 9.59 Å². The molecule has 0 spiro atoms. The first-order valence-corrected chi connectivity index (χ1v) is 11.1. The van der Waals surface area contributed by atoms with Crippen molar-refractivity contribution >= 4 is 34.1 Å². The molecule has 4 nitrogen and oxygen atoms in total. The molecule has 0 aliphatic heterocycles. The van der Waals surface area contributed by atoms with Gasteiger partial charge in [-0.15, -0.1) is 0 Å². The molecule has 5 heteroatoms. The number of hydrogen-bond donors (Lipinski definition) is 1. The van der Waals surface area contributed by atoms with Crippen LogP contribution in [0.5, 0.6) is 5.75 Å². The zero-order valence-corrected chi connectivity index (χ0v) is 19.2. The van der Waals surface area contributed by atoms with E-state index in [0.717, 1.165) is 16.3 Å². The fourth-order valence-electron chi connectivity index (χ4n) is 3.62. The third kappa shape index (κ3) is 5.24. The van der Waals surface area contributed by atoms with E-state index < -0.39 is 5.60 Å². The molecule has 0 heterocycles. The van der Waals surface area contributed by atoms with Crippen LogP contribution >= 0.6 is 11.6 Å². The van der Waals surface area contributed by atoms with Crippen molar-refractivity contribution in [2.45, 2.75) is 26.0 Å². The van der Waals surface area contributed by atoms with Gasteiger partial charge in [0.15, 0.2) is 11.4 Å². The van der Waals surface area contributed by atoms with Crippen LogP contribution in [0.3, 0.4) is 0 Å². The number of fused-ring (bicyclic) bond motifs is 1. The number of carbonyl (C=O) groups excluding carboxylic acids is 2. The highest BCUT2D eigenvalue weighted by Crippen LogP contribution is 2.22. The average Bonchev–Trinajstić information content (AvgIpc) is 2.82. The first-order chi connectivity index (χ1) is 15.8. The second-order valence-electron chi connectivity index (χ2n) is 8.29. The molecule has 1 amide bonds. The standard InChI is InChI=1S/C28H24ClNO3/c1-28(2,27(32)30-18-22-8-5-7-19-6-3-4-9-25(19)22)33-24-16-12-21(13-17-24)26(31)20-10-14-23(29)15-11-20/h3-17H,18H2,1-2H3,(H,30,32). The van der Waals surface area contributed by atoms with E-state index in [4.69, 9.17) is 16.3 Å². The molecular formula is C28H24ClNO3. The smallest absolute Gasteiger partial charge is 0.263 e. The summed E-state index contributed by atoms with van der Waals surface area (Å²) in [5, 5.41) is 5.80. The number of nitrogens with one attached hydrogen (secondary N) is 1. The van der Waals surface area contributed by atoms with Crippen molar-refractivity contribution < 1.29 is 14.3 Å². The quantitative estimate of drug-likeness (QED) is 0.336. The first-order valence-electron chi connectivity index (χ1n) is 10.7. The van der Waals surface area contributed by atoms with Crippen molar-refractivity contribution in [3.8, 4) is 5.75 Å². The molecule has 0 aliphatic rings. The van der Waals surface area contributed by atoms with E-state index in [9.17, 15) is 9.59 Å². The Morgan fingerprint density at radius 3 is 2.12 bits per heavy atom. The van der Waals surface area contributed by atoms with Crippen molar-refractivity contribution in [3.63, 3.8) is 0 Å². The Labute approximate surface area is 198 Å².